The molecule has 5 nitrogen and oxygen atoms in total. The van der Waals surface area contributed by atoms with Crippen molar-refractivity contribution < 1.29 is 14.4 Å². The Hall–Kier alpha value is -2.05. The highest BCUT2D eigenvalue weighted by Crippen LogP contribution is 2.23. The van der Waals surface area contributed by atoms with Crippen molar-refractivity contribution >= 4 is 22.9 Å². The van der Waals surface area contributed by atoms with Crippen molar-refractivity contribution in [3.63, 3.8) is 0 Å². The van der Waals surface area contributed by atoms with Crippen LogP contribution in [0.3, 0.4) is 0 Å². The van der Waals surface area contributed by atoms with Crippen LogP contribution in [0.15, 0.2) is 41.8 Å². The van der Waals surface area contributed by atoms with E-state index < -0.39 is 0 Å². The molecular formula is C23H34N3O2S+. The molecule has 0 saturated carbocycles. The number of methoxy groups -OCH3 is 1. The second kappa shape index (κ2) is 9.18. The van der Waals surface area contributed by atoms with E-state index in [1.165, 1.54) is 10.6 Å². The van der Waals surface area contributed by atoms with Crippen LogP contribution in [0, 0.1) is 5.41 Å². The number of nitrogens with zero attached hydrogens (tertiary/aromatic N) is 1. The van der Waals surface area contributed by atoms with Crippen molar-refractivity contribution in [3.05, 3.63) is 46.7 Å². The largest absolute Gasteiger partial charge is 0.497 e. The Balaban J connectivity index is 1.69. The monoisotopic (exact) mass is 416 g/mol. The lowest BCUT2D eigenvalue weighted by Gasteiger charge is -2.39. The first-order valence-electron chi connectivity index (χ1n) is 10.4. The van der Waals surface area contributed by atoms with Crippen LogP contribution in [0.4, 0.5) is 5.69 Å². The molecule has 0 aliphatic carbocycles. The average molecular weight is 417 g/mol. The van der Waals surface area contributed by atoms with Gasteiger partial charge in [0.1, 0.15) is 11.8 Å². The van der Waals surface area contributed by atoms with Gasteiger partial charge in [-0.2, -0.15) is 0 Å². The van der Waals surface area contributed by atoms with E-state index in [0.29, 0.717) is 0 Å². The van der Waals surface area contributed by atoms with Gasteiger partial charge >= 0.3 is 0 Å². The Bertz CT molecular complexity index is 775. The SMILES string of the molecule is COc1ccc(N2CC[NH+]([C@H](c3cccs3)[C@H](C)NC(=O)C(C)(C)C)CC2)cc1. The maximum atomic E-state index is 12.6. The van der Waals surface area contributed by atoms with Crippen LogP contribution in [0.2, 0.25) is 0 Å². The van der Waals surface area contributed by atoms with Gasteiger partial charge in [0, 0.05) is 11.1 Å². The minimum Gasteiger partial charge on any atom is -0.497 e. The highest BCUT2D eigenvalue weighted by Gasteiger charge is 2.35. The van der Waals surface area contributed by atoms with E-state index in [0.717, 1.165) is 31.9 Å². The number of hydrogen-bond acceptors (Lipinski definition) is 4. The molecule has 2 aromatic rings. The Kier molecular flexibility index (Phi) is 6.85. The van der Waals surface area contributed by atoms with E-state index >= 15 is 0 Å². The van der Waals surface area contributed by atoms with Gasteiger partial charge in [-0.3, -0.25) is 4.79 Å². The molecule has 0 unspecified atom stereocenters. The van der Waals surface area contributed by atoms with Crippen LogP contribution < -0.4 is 19.9 Å². The standard InChI is InChI=1S/C23H33N3O2S/c1-17(24-22(27)23(2,3)4)21(20-7-6-16-29-20)26-14-12-25(13-15-26)18-8-10-19(28-5)11-9-18/h6-11,16-17,21H,12-15H2,1-5H3,(H,24,27)/p+1/t17-,21-/m0/s1. The summed E-state index contributed by atoms with van der Waals surface area (Å²) in [7, 11) is 1.70. The second-order valence-corrected chi connectivity index (χ2v) is 9.83. The topological polar surface area (TPSA) is 46.0 Å². The van der Waals surface area contributed by atoms with Crippen LogP contribution in [-0.2, 0) is 4.79 Å². The molecule has 0 spiro atoms. The highest BCUT2D eigenvalue weighted by molar-refractivity contribution is 7.10. The summed E-state index contributed by atoms with van der Waals surface area (Å²) in [6, 6.07) is 13.0. The fourth-order valence-electron chi connectivity index (χ4n) is 3.93. The molecule has 2 heterocycles. The number of thiophene rings is 1. The number of carbonyl (C=O) groups excluding carboxylic acids is 1. The quantitative estimate of drug-likeness (QED) is 0.761. The molecule has 1 aromatic carbocycles. The number of carbonyl (C=O) groups is 1. The van der Waals surface area contributed by atoms with Gasteiger partial charge < -0.3 is 19.9 Å². The van der Waals surface area contributed by atoms with Crippen LogP contribution in [-0.4, -0.2) is 45.2 Å². The molecule has 1 amide bonds. The Morgan fingerprint density at radius 1 is 1.17 bits per heavy atom. The number of nitrogens with one attached hydrogen (secondary N) is 2. The molecule has 1 aromatic heterocycles. The first kappa shape index (κ1) is 21.7. The number of hydrogen-bond donors (Lipinski definition) is 2. The third-order valence-electron chi connectivity index (χ3n) is 5.67. The van der Waals surface area contributed by atoms with Gasteiger partial charge in [-0.05, 0) is 42.6 Å². The van der Waals surface area contributed by atoms with Gasteiger partial charge in [0.05, 0.1) is 44.2 Å². The van der Waals surface area contributed by atoms with E-state index in [2.05, 4.69) is 46.8 Å². The van der Waals surface area contributed by atoms with E-state index in [9.17, 15) is 4.79 Å². The summed E-state index contributed by atoms with van der Waals surface area (Å²) in [5.41, 5.74) is 0.864. The predicted molar refractivity (Wildman–Crippen MR) is 120 cm³/mol. The number of rotatable bonds is 6. The smallest absolute Gasteiger partial charge is 0.225 e. The third kappa shape index (κ3) is 5.31. The number of benzene rings is 1. The second-order valence-electron chi connectivity index (χ2n) is 8.85. The first-order chi connectivity index (χ1) is 13.8. The predicted octanol–water partition coefficient (Wildman–Crippen LogP) is 2.75. The van der Waals surface area contributed by atoms with Gasteiger partial charge in [-0.25, -0.2) is 0 Å². The van der Waals surface area contributed by atoms with Crippen LogP contribution in [0.1, 0.15) is 38.6 Å². The van der Waals surface area contributed by atoms with E-state index in [1.807, 2.05) is 32.9 Å². The highest BCUT2D eigenvalue weighted by atomic mass is 32.1. The number of quaternary nitrogens is 1. The molecule has 0 bridgehead atoms. The molecule has 1 aliphatic rings. The van der Waals surface area contributed by atoms with Gasteiger partial charge in [-0.1, -0.05) is 26.8 Å². The summed E-state index contributed by atoms with van der Waals surface area (Å²) in [4.78, 5) is 17.9. The zero-order valence-corrected chi connectivity index (χ0v) is 19.0. The minimum atomic E-state index is -0.378. The number of ether oxygens (including phenoxy) is 1. The van der Waals surface area contributed by atoms with E-state index in [1.54, 1.807) is 23.3 Å². The van der Waals surface area contributed by atoms with Gasteiger partial charge in [0.25, 0.3) is 0 Å². The fourth-order valence-corrected chi connectivity index (χ4v) is 4.92. The number of amides is 1. The normalized spacial score (nSPS) is 17.6. The van der Waals surface area contributed by atoms with Crippen molar-refractivity contribution in [1.29, 1.82) is 0 Å². The summed E-state index contributed by atoms with van der Waals surface area (Å²) in [5.74, 6) is 1.00. The minimum absolute atomic E-state index is 0.0860. The average Bonchev–Trinajstić information content (AvgIpc) is 3.22. The van der Waals surface area contributed by atoms with Crippen molar-refractivity contribution in [2.75, 3.05) is 38.2 Å². The fraction of sp³-hybridized carbons (Fsp3) is 0.522. The first-order valence-corrected chi connectivity index (χ1v) is 11.3. The number of piperazine rings is 1. The third-order valence-corrected chi connectivity index (χ3v) is 6.63. The Morgan fingerprint density at radius 2 is 1.83 bits per heavy atom. The zero-order chi connectivity index (χ0) is 21.0. The number of anilines is 1. The summed E-state index contributed by atoms with van der Waals surface area (Å²) < 4.78 is 5.27. The van der Waals surface area contributed by atoms with Crippen LogP contribution in [0.5, 0.6) is 5.75 Å². The van der Waals surface area contributed by atoms with Crippen LogP contribution in [0.25, 0.3) is 0 Å². The lowest BCUT2D eigenvalue weighted by molar-refractivity contribution is -0.933. The molecular weight excluding hydrogens is 382 g/mol. The Morgan fingerprint density at radius 3 is 2.34 bits per heavy atom. The Labute approximate surface area is 178 Å². The van der Waals surface area contributed by atoms with Gasteiger partial charge in [-0.15, -0.1) is 11.3 Å². The van der Waals surface area contributed by atoms with Crippen molar-refractivity contribution in [2.24, 2.45) is 5.41 Å². The summed E-state index contributed by atoms with van der Waals surface area (Å²) >= 11 is 1.79. The molecule has 2 atom stereocenters. The summed E-state index contributed by atoms with van der Waals surface area (Å²) in [6.45, 7) is 12.2. The molecule has 2 N–H and O–H groups in total. The molecule has 1 saturated heterocycles. The summed E-state index contributed by atoms with van der Waals surface area (Å²) in [5, 5.41) is 5.41. The van der Waals surface area contributed by atoms with Crippen molar-refractivity contribution in [1.82, 2.24) is 5.32 Å². The lowest BCUT2D eigenvalue weighted by Crippen LogP contribution is -3.16. The molecule has 1 aliphatic heterocycles. The maximum Gasteiger partial charge on any atom is 0.225 e. The van der Waals surface area contributed by atoms with Crippen LogP contribution >= 0.6 is 11.3 Å². The van der Waals surface area contributed by atoms with Gasteiger partial charge in [0.2, 0.25) is 5.91 Å². The molecule has 0 radical (unpaired) electrons. The summed E-state index contributed by atoms with van der Waals surface area (Å²) in [6.07, 6.45) is 0. The molecule has 1 fully saturated rings. The molecule has 29 heavy (non-hydrogen) atoms. The van der Waals surface area contributed by atoms with Crippen molar-refractivity contribution in [3.8, 4) is 5.75 Å². The lowest BCUT2D eigenvalue weighted by atomic mass is 9.94. The van der Waals surface area contributed by atoms with Crippen molar-refractivity contribution in [2.45, 2.75) is 39.8 Å². The molecule has 6 heteroatoms. The van der Waals surface area contributed by atoms with E-state index in [-0.39, 0.29) is 23.4 Å². The molecule has 158 valence electrons. The zero-order valence-electron chi connectivity index (χ0n) is 18.2. The van der Waals surface area contributed by atoms with E-state index in [4.69, 9.17) is 4.74 Å². The maximum absolute atomic E-state index is 12.6. The van der Waals surface area contributed by atoms with Gasteiger partial charge in [0.15, 0.2) is 0 Å². The molecule has 3 rings (SSSR count).